The maximum atomic E-state index is 5.81. The molecule has 0 unspecified atom stereocenters. The fourth-order valence-electron chi connectivity index (χ4n) is 3.22. The first-order valence-corrected chi connectivity index (χ1v) is 10.3. The molecule has 7 heteroatoms. The van der Waals surface area contributed by atoms with E-state index in [0.717, 1.165) is 68.3 Å². The smallest absolute Gasteiger partial charge is 0.194 e. The highest BCUT2D eigenvalue weighted by Crippen LogP contribution is 2.16. The third-order valence-corrected chi connectivity index (χ3v) is 5.78. The van der Waals surface area contributed by atoms with Crippen molar-refractivity contribution in [2.24, 2.45) is 4.99 Å². The van der Waals surface area contributed by atoms with Gasteiger partial charge in [0.2, 0.25) is 0 Å². The van der Waals surface area contributed by atoms with Gasteiger partial charge < -0.3 is 15.0 Å². The van der Waals surface area contributed by atoms with E-state index in [1.807, 2.05) is 37.4 Å². The quantitative estimate of drug-likeness (QED) is 0.610. The zero-order valence-corrected chi connectivity index (χ0v) is 17.3. The Balaban J connectivity index is 1.40. The molecular weight excluding hydrogens is 358 g/mol. The molecule has 146 valence electrons. The molecule has 6 nitrogen and oxygen atoms in total. The van der Waals surface area contributed by atoms with Crippen molar-refractivity contribution in [2.75, 3.05) is 46.4 Å². The van der Waals surface area contributed by atoms with E-state index in [1.54, 1.807) is 11.3 Å². The van der Waals surface area contributed by atoms with E-state index in [2.05, 4.69) is 38.9 Å². The molecule has 1 aromatic carbocycles. The number of ether oxygens (including phenoxy) is 1. The van der Waals surface area contributed by atoms with Crippen LogP contribution in [0.5, 0.6) is 5.75 Å². The summed E-state index contributed by atoms with van der Waals surface area (Å²) in [5.41, 5.74) is 1.11. The number of nitrogens with zero attached hydrogens (tertiary/aromatic N) is 4. The van der Waals surface area contributed by atoms with E-state index in [1.165, 1.54) is 4.88 Å². The molecule has 1 saturated heterocycles. The maximum Gasteiger partial charge on any atom is 0.194 e. The van der Waals surface area contributed by atoms with Crippen molar-refractivity contribution in [3.63, 3.8) is 0 Å². The van der Waals surface area contributed by atoms with Gasteiger partial charge in [0.25, 0.3) is 0 Å². The average molecular weight is 388 g/mol. The van der Waals surface area contributed by atoms with Gasteiger partial charge in [-0.15, -0.1) is 11.3 Å². The van der Waals surface area contributed by atoms with E-state index >= 15 is 0 Å². The first-order chi connectivity index (χ1) is 13.2. The Labute approximate surface area is 165 Å². The Morgan fingerprint density at radius 2 is 1.93 bits per heavy atom. The van der Waals surface area contributed by atoms with Gasteiger partial charge in [-0.2, -0.15) is 0 Å². The summed E-state index contributed by atoms with van der Waals surface area (Å²) < 4.78 is 5.81. The summed E-state index contributed by atoms with van der Waals surface area (Å²) in [6.45, 7) is 10.6. The van der Waals surface area contributed by atoms with Crippen LogP contribution >= 0.6 is 11.3 Å². The number of benzene rings is 1. The molecule has 1 aliphatic heterocycles. The van der Waals surface area contributed by atoms with Gasteiger partial charge in [0.1, 0.15) is 12.4 Å². The monoisotopic (exact) mass is 387 g/mol. The molecule has 0 atom stereocenters. The van der Waals surface area contributed by atoms with E-state index in [-0.39, 0.29) is 0 Å². The van der Waals surface area contributed by atoms with Crippen LogP contribution in [0.2, 0.25) is 0 Å². The van der Waals surface area contributed by atoms with Crippen LogP contribution in [0.3, 0.4) is 0 Å². The van der Waals surface area contributed by atoms with Crippen LogP contribution in [0.25, 0.3) is 0 Å². The summed E-state index contributed by atoms with van der Waals surface area (Å²) in [7, 11) is 1.85. The zero-order chi connectivity index (χ0) is 19.1. The van der Waals surface area contributed by atoms with Gasteiger partial charge in [-0.3, -0.25) is 9.89 Å². The lowest BCUT2D eigenvalue weighted by Crippen LogP contribution is -2.52. The highest BCUT2D eigenvalue weighted by atomic mass is 32.1. The van der Waals surface area contributed by atoms with Crippen LogP contribution in [-0.2, 0) is 6.54 Å². The van der Waals surface area contributed by atoms with E-state index in [9.17, 15) is 0 Å². The summed E-state index contributed by atoms with van der Waals surface area (Å²) in [6, 6.07) is 10.0. The van der Waals surface area contributed by atoms with Crippen LogP contribution in [0.1, 0.15) is 15.6 Å². The second-order valence-electron chi connectivity index (χ2n) is 6.63. The van der Waals surface area contributed by atoms with Crippen molar-refractivity contribution in [2.45, 2.75) is 20.4 Å². The molecular formula is C20H29N5OS. The highest BCUT2D eigenvalue weighted by molar-refractivity contribution is 7.11. The Kier molecular flexibility index (Phi) is 7.06. The molecule has 3 rings (SSSR count). The van der Waals surface area contributed by atoms with Gasteiger partial charge in [0.15, 0.2) is 5.96 Å². The largest absolute Gasteiger partial charge is 0.492 e. The lowest BCUT2D eigenvalue weighted by atomic mass is 10.3. The van der Waals surface area contributed by atoms with Crippen molar-refractivity contribution in [1.82, 2.24) is 20.1 Å². The number of aryl methyl sites for hydroxylation is 2. The molecule has 2 aromatic rings. The molecule has 1 N–H and O–H groups in total. The van der Waals surface area contributed by atoms with Gasteiger partial charge in [-0.1, -0.05) is 18.2 Å². The number of hydrogen-bond acceptors (Lipinski definition) is 5. The topological polar surface area (TPSA) is 53.0 Å². The van der Waals surface area contributed by atoms with Gasteiger partial charge in [0.05, 0.1) is 17.2 Å². The van der Waals surface area contributed by atoms with Crippen molar-refractivity contribution in [3.05, 3.63) is 45.9 Å². The minimum Gasteiger partial charge on any atom is -0.492 e. The lowest BCUT2D eigenvalue weighted by molar-refractivity contribution is 0.152. The standard InChI is InChI=1S/C20H29N5OS/c1-16-19(27-17(2)23-16)15-22-20(21-3)25-11-9-24(10-12-25)13-14-26-18-7-5-4-6-8-18/h4-8H,9-15H2,1-3H3,(H,21,22). The second kappa shape index (κ2) is 9.71. The predicted molar refractivity (Wildman–Crippen MR) is 112 cm³/mol. The molecule has 1 aliphatic rings. The second-order valence-corrected chi connectivity index (χ2v) is 7.92. The summed E-state index contributed by atoms with van der Waals surface area (Å²) in [4.78, 5) is 15.0. The van der Waals surface area contributed by atoms with Gasteiger partial charge >= 0.3 is 0 Å². The molecule has 1 aromatic heterocycles. The molecule has 0 bridgehead atoms. The molecule has 1 fully saturated rings. The minimum atomic E-state index is 0.723. The summed E-state index contributed by atoms with van der Waals surface area (Å²) in [6.07, 6.45) is 0. The number of nitrogens with one attached hydrogen (secondary N) is 1. The fourth-order valence-corrected chi connectivity index (χ4v) is 4.10. The Morgan fingerprint density at radius 3 is 2.56 bits per heavy atom. The van der Waals surface area contributed by atoms with Crippen LogP contribution in [0, 0.1) is 13.8 Å². The van der Waals surface area contributed by atoms with E-state index < -0.39 is 0 Å². The number of aromatic nitrogens is 1. The maximum absolute atomic E-state index is 5.81. The first kappa shape index (κ1) is 19.6. The van der Waals surface area contributed by atoms with Gasteiger partial charge in [-0.05, 0) is 26.0 Å². The highest BCUT2D eigenvalue weighted by Gasteiger charge is 2.19. The zero-order valence-electron chi connectivity index (χ0n) is 16.4. The van der Waals surface area contributed by atoms with Crippen molar-refractivity contribution >= 4 is 17.3 Å². The molecule has 0 amide bonds. The van der Waals surface area contributed by atoms with Crippen molar-refractivity contribution in [3.8, 4) is 5.75 Å². The molecule has 0 aliphatic carbocycles. The van der Waals surface area contributed by atoms with Crippen LogP contribution in [0.4, 0.5) is 0 Å². The average Bonchev–Trinajstić information content (AvgIpc) is 3.01. The summed E-state index contributed by atoms with van der Waals surface area (Å²) in [5, 5.41) is 4.61. The number of guanidine groups is 1. The number of aliphatic imine (C=N–C) groups is 1. The van der Waals surface area contributed by atoms with Crippen molar-refractivity contribution < 1.29 is 4.74 Å². The lowest BCUT2D eigenvalue weighted by Gasteiger charge is -2.36. The van der Waals surface area contributed by atoms with Crippen molar-refractivity contribution in [1.29, 1.82) is 0 Å². The van der Waals surface area contributed by atoms with E-state index in [0.29, 0.717) is 0 Å². The predicted octanol–water partition coefficient (Wildman–Crippen LogP) is 2.53. The third-order valence-electron chi connectivity index (χ3n) is 4.71. The van der Waals surface area contributed by atoms with Gasteiger partial charge in [-0.25, -0.2) is 4.98 Å². The Morgan fingerprint density at radius 1 is 1.19 bits per heavy atom. The molecule has 0 saturated carbocycles. The fraction of sp³-hybridized carbons (Fsp3) is 0.500. The van der Waals surface area contributed by atoms with Gasteiger partial charge in [0, 0.05) is 44.6 Å². The Bertz CT molecular complexity index is 738. The first-order valence-electron chi connectivity index (χ1n) is 9.44. The van der Waals surface area contributed by atoms with Crippen LogP contribution < -0.4 is 10.1 Å². The Hall–Kier alpha value is -2.12. The van der Waals surface area contributed by atoms with Crippen LogP contribution in [-0.4, -0.2) is 67.1 Å². The number of thiazole rings is 1. The SMILES string of the molecule is CN=C(NCc1sc(C)nc1C)N1CCN(CCOc2ccccc2)CC1. The molecule has 2 heterocycles. The molecule has 27 heavy (non-hydrogen) atoms. The van der Waals surface area contributed by atoms with Crippen LogP contribution in [0.15, 0.2) is 35.3 Å². The normalized spacial score (nSPS) is 15.8. The van der Waals surface area contributed by atoms with E-state index in [4.69, 9.17) is 4.74 Å². The summed E-state index contributed by atoms with van der Waals surface area (Å²) in [5.74, 6) is 1.91. The third kappa shape index (κ3) is 5.68. The minimum absolute atomic E-state index is 0.723. The molecule has 0 radical (unpaired) electrons. The number of para-hydroxylation sites is 1. The number of hydrogen-bond donors (Lipinski definition) is 1. The summed E-state index contributed by atoms with van der Waals surface area (Å²) >= 11 is 1.75. The molecule has 0 spiro atoms. The number of rotatable bonds is 6. The number of piperazine rings is 1.